The van der Waals surface area contributed by atoms with E-state index in [1.807, 2.05) is 24.3 Å². The van der Waals surface area contributed by atoms with E-state index in [0.29, 0.717) is 28.2 Å². The Morgan fingerprint density at radius 2 is 1.11 bits per heavy atom. The molecular formula is C50H92O14Si8. The van der Waals surface area contributed by atoms with Crippen LogP contribution < -0.4 is 19.0 Å². The van der Waals surface area contributed by atoms with Crippen LogP contribution in [0.15, 0.2) is 51.7 Å². The molecule has 3 heterocycles. The first-order valence-electron chi connectivity index (χ1n) is 25.7. The second-order valence-electron chi connectivity index (χ2n) is 27.3. The van der Waals surface area contributed by atoms with E-state index in [-0.39, 0.29) is 25.2 Å². The molecule has 0 bridgehead atoms. The van der Waals surface area contributed by atoms with Gasteiger partial charge < -0.3 is 58.8 Å². The smallest absolute Gasteiger partial charge is 0.242 e. The summed E-state index contributed by atoms with van der Waals surface area (Å²) in [6.07, 6.45) is -5.64. The zero-order chi connectivity index (χ0) is 54.4. The van der Waals surface area contributed by atoms with Gasteiger partial charge in [-0.25, -0.2) is 0 Å². The van der Waals surface area contributed by atoms with Gasteiger partial charge in [0.25, 0.3) is 0 Å². The van der Waals surface area contributed by atoms with Crippen molar-refractivity contribution in [2.24, 2.45) is 0 Å². The van der Waals surface area contributed by atoms with Crippen LogP contribution in [0.25, 0.3) is 22.3 Å². The third-order valence-electron chi connectivity index (χ3n) is 10.5. The summed E-state index contributed by atoms with van der Waals surface area (Å²) in [6.45, 7) is 52.3. The molecule has 2 saturated heterocycles. The highest BCUT2D eigenvalue weighted by Gasteiger charge is 2.59. The normalized spacial score (nSPS) is 25.2. The highest BCUT2D eigenvalue weighted by molar-refractivity contribution is 6.72. The van der Waals surface area contributed by atoms with Crippen molar-refractivity contribution in [3.8, 4) is 28.6 Å². The molecule has 0 radical (unpaired) electrons. The Bertz CT molecular complexity index is 2330. The Morgan fingerprint density at radius 1 is 0.556 bits per heavy atom. The minimum atomic E-state index is -2.41. The lowest BCUT2D eigenvalue weighted by atomic mass is 9.98. The van der Waals surface area contributed by atoms with E-state index in [2.05, 4.69) is 157 Å². The molecule has 2 aliphatic rings. The standard InChI is InChI=1S/C50H92O14Si8/c1-65(2,3)53-32-42-44(61-69(13,14)15)45(62-70(16,17)18)46(58-49-47(63-71(19,20)21)50(33-52-49,64-72(22,23)24)34-54-66(4,5)6)48(57-42)55-37-29-40-43(41(30-37)60-68(10,11)12)38(51)31-39(56-40)35-25-27-36(28-26-35)59-67(7,8)9/h25-31,42,44-49H,32-34H2,1-24H3. The van der Waals surface area contributed by atoms with Crippen LogP contribution in [-0.4, -0.2) is 135 Å². The van der Waals surface area contributed by atoms with Crippen LogP contribution in [0.4, 0.5) is 0 Å². The Labute approximate surface area is 440 Å². The highest BCUT2D eigenvalue weighted by atomic mass is 28.4. The summed E-state index contributed by atoms with van der Waals surface area (Å²) in [4.78, 5) is 14.3. The number of hydrogen-bond acceptors (Lipinski definition) is 14. The van der Waals surface area contributed by atoms with Gasteiger partial charge >= 0.3 is 0 Å². The molecule has 8 atom stereocenters. The minimum Gasteiger partial charge on any atom is -0.544 e. The summed E-state index contributed by atoms with van der Waals surface area (Å²) in [5, 5.41) is 0.319. The predicted octanol–water partition coefficient (Wildman–Crippen LogP) is 12.7. The van der Waals surface area contributed by atoms with Crippen molar-refractivity contribution in [2.45, 2.75) is 206 Å². The molecule has 2 aliphatic heterocycles. The van der Waals surface area contributed by atoms with Crippen LogP contribution >= 0.6 is 0 Å². The molecule has 22 heteroatoms. The number of benzene rings is 2. The van der Waals surface area contributed by atoms with E-state index in [0.717, 1.165) is 11.3 Å². The molecule has 0 aliphatic carbocycles. The zero-order valence-electron chi connectivity index (χ0n) is 48.4. The highest BCUT2D eigenvalue weighted by Crippen LogP contribution is 2.42. The summed E-state index contributed by atoms with van der Waals surface area (Å²) < 4.78 is 90.5. The van der Waals surface area contributed by atoms with E-state index in [9.17, 15) is 4.79 Å². The van der Waals surface area contributed by atoms with E-state index in [1.165, 1.54) is 6.07 Å². The van der Waals surface area contributed by atoms with E-state index in [4.69, 9.17) is 58.8 Å². The molecule has 14 nitrogen and oxygen atoms in total. The lowest BCUT2D eigenvalue weighted by molar-refractivity contribution is -0.312. The first kappa shape index (κ1) is 61.3. The molecule has 408 valence electrons. The Kier molecular flexibility index (Phi) is 19.1. The predicted molar refractivity (Wildman–Crippen MR) is 310 cm³/mol. The lowest BCUT2D eigenvalue weighted by Gasteiger charge is -2.50. The van der Waals surface area contributed by atoms with Gasteiger partial charge in [-0.2, -0.15) is 0 Å². The van der Waals surface area contributed by atoms with Crippen molar-refractivity contribution in [3.05, 3.63) is 52.7 Å². The molecule has 0 spiro atoms. The summed E-state index contributed by atoms with van der Waals surface area (Å²) in [7, 11) is -17.6. The maximum Gasteiger partial charge on any atom is 0.242 e. The van der Waals surface area contributed by atoms with Gasteiger partial charge in [0.1, 0.15) is 64.0 Å². The number of ether oxygens (including phenoxy) is 4. The van der Waals surface area contributed by atoms with Crippen molar-refractivity contribution >= 4 is 77.5 Å². The van der Waals surface area contributed by atoms with Gasteiger partial charge in [-0.1, -0.05) is 0 Å². The third kappa shape index (κ3) is 18.9. The van der Waals surface area contributed by atoms with Crippen LogP contribution in [-0.2, 0) is 40.8 Å². The molecule has 1 aromatic heterocycles. The number of hydrogen-bond donors (Lipinski definition) is 0. The average Bonchev–Trinajstić information content (AvgIpc) is 3.46. The van der Waals surface area contributed by atoms with Crippen molar-refractivity contribution in [1.29, 1.82) is 0 Å². The first-order chi connectivity index (χ1) is 32.5. The van der Waals surface area contributed by atoms with Crippen LogP contribution in [0.2, 0.25) is 157 Å². The zero-order valence-corrected chi connectivity index (χ0v) is 56.4. The molecule has 2 aromatic carbocycles. The van der Waals surface area contributed by atoms with Crippen molar-refractivity contribution in [2.75, 3.05) is 19.8 Å². The molecule has 3 aromatic rings. The van der Waals surface area contributed by atoms with E-state index >= 15 is 0 Å². The fourth-order valence-corrected chi connectivity index (χ4v) is 16.1. The molecule has 72 heavy (non-hydrogen) atoms. The maximum absolute atomic E-state index is 14.3. The Morgan fingerprint density at radius 3 is 1.62 bits per heavy atom. The Balaban J connectivity index is 1.74. The van der Waals surface area contributed by atoms with Gasteiger partial charge in [-0.05, 0) is 181 Å². The van der Waals surface area contributed by atoms with E-state index in [1.54, 1.807) is 12.1 Å². The largest absolute Gasteiger partial charge is 0.544 e. The van der Waals surface area contributed by atoms with Crippen molar-refractivity contribution < 1.29 is 58.8 Å². The van der Waals surface area contributed by atoms with Gasteiger partial charge in [0, 0.05) is 23.8 Å². The average molecular weight is 1140 g/mol. The summed E-state index contributed by atoms with van der Waals surface area (Å²) in [5.41, 5.74) is -0.181. The molecule has 0 N–H and O–H groups in total. The van der Waals surface area contributed by atoms with Crippen molar-refractivity contribution in [1.82, 2.24) is 0 Å². The van der Waals surface area contributed by atoms with Crippen LogP contribution in [0, 0.1) is 0 Å². The molecular weight excluding hydrogens is 1050 g/mol. The maximum atomic E-state index is 14.3. The monoisotopic (exact) mass is 1140 g/mol. The fraction of sp³-hybridized carbons (Fsp3) is 0.700. The number of fused-ring (bicyclic) bond motifs is 1. The SMILES string of the molecule is C[Si](C)(C)OCC1OC(Oc2cc(O[Si](C)(C)C)c3c(=O)cc(-c4ccc(O[Si](C)(C)C)cc4)oc3c2)C(OC2OCC(CO[Si](C)(C)C)(O[Si](C)(C)C)C2O[Si](C)(C)C)C(O[Si](C)(C)C)C1O[Si](C)(C)C. The van der Waals surface area contributed by atoms with Crippen LogP contribution in [0.3, 0.4) is 0 Å². The van der Waals surface area contributed by atoms with Crippen LogP contribution in [0.1, 0.15) is 0 Å². The van der Waals surface area contributed by atoms with Gasteiger partial charge in [-0.15, -0.1) is 0 Å². The molecule has 8 unspecified atom stereocenters. The van der Waals surface area contributed by atoms with E-state index < -0.39 is 115 Å². The second-order valence-corrected chi connectivity index (χ2v) is 63.0. The van der Waals surface area contributed by atoms with Gasteiger partial charge in [0.2, 0.25) is 22.9 Å². The van der Waals surface area contributed by atoms with Gasteiger partial charge in [0.15, 0.2) is 67.7 Å². The lowest BCUT2D eigenvalue weighted by Crippen LogP contribution is -2.67. The summed E-state index contributed by atoms with van der Waals surface area (Å²) in [5.74, 6) is 1.87. The first-order valence-corrected chi connectivity index (χ1v) is 52.9. The Hall–Kier alpha value is -1.57. The third-order valence-corrected chi connectivity index (χ3v) is 18.2. The summed E-state index contributed by atoms with van der Waals surface area (Å²) in [6, 6.07) is 12.6. The molecule has 2 fully saturated rings. The van der Waals surface area contributed by atoms with Gasteiger partial charge in [0.05, 0.1) is 19.8 Å². The molecule has 0 amide bonds. The van der Waals surface area contributed by atoms with Gasteiger partial charge in [-0.3, -0.25) is 4.79 Å². The molecule has 5 rings (SSSR count). The quantitative estimate of drug-likeness (QED) is 0.0832. The fourth-order valence-electron chi connectivity index (χ4n) is 8.34. The minimum absolute atomic E-state index is 0.194. The number of rotatable bonds is 23. The topological polar surface area (TPSA) is 141 Å². The van der Waals surface area contributed by atoms with Crippen LogP contribution in [0.5, 0.6) is 17.2 Å². The molecule has 0 saturated carbocycles. The second kappa shape index (κ2) is 22.4. The van der Waals surface area contributed by atoms with Crippen molar-refractivity contribution in [3.63, 3.8) is 0 Å². The summed E-state index contributed by atoms with van der Waals surface area (Å²) >= 11 is 0.